The fraction of sp³-hybridized carbons (Fsp3) is 0.667. The summed E-state index contributed by atoms with van der Waals surface area (Å²) in [5.74, 6) is 0.783. The summed E-state index contributed by atoms with van der Waals surface area (Å²) in [5.41, 5.74) is 0. The van der Waals surface area contributed by atoms with Crippen LogP contribution in [0.1, 0.15) is 25.5 Å². The molecule has 1 aromatic rings. The maximum atomic E-state index is 9.56. The van der Waals surface area contributed by atoms with Gasteiger partial charge in [-0.2, -0.15) is 0 Å². The molecule has 0 fully saturated rings. The molecule has 0 unspecified atom stereocenters. The van der Waals surface area contributed by atoms with Gasteiger partial charge in [-0.1, -0.05) is 13.3 Å². The summed E-state index contributed by atoms with van der Waals surface area (Å²) in [6, 6.07) is 3.67. The van der Waals surface area contributed by atoms with Crippen molar-refractivity contribution in [1.29, 1.82) is 0 Å². The van der Waals surface area contributed by atoms with E-state index in [2.05, 4.69) is 12.2 Å². The van der Waals surface area contributed by atoms with Crippen LogP contribution < -0.4 is 5.32 Å². The van der Waals surface area contributed by atoms with Gasteiger partial charge in [0.25, 0.3) is 0 Å². The summed E-state index contributed by atoms with van der Waals surface area (Å²) in [6.07, 6.45) is 3.46. The number of rotatable bonds is 9. The number of hydrogen-bond donors (Lipinski definition) is 2. The maximum Gasteiger partial charge on any atom is 0.129 e. The zero-order valence-electron chi connectivity index (χ0n) is 9.82. The predicted molar refractivity (Wildman–Crippen MR) is 62.1 cm³/mol. The van der Waals surface area contributed by atoms with Crippen LogP contribution in [0.3, 0.4) is 0 Å². The van der Waals surface area contributed by atoms with Crippen LogP contribution in [0.5, 0.6) is 0 Å². The molecular formula is C12H21NO3. The van der Waals surface area contributed by atoms with Crippen molar-refractivity contribution in [1.82, 2.24) is 5.32 Å². The standard InChI is InChI=1S/C12H21NO3/c1-2-3-6-13-8-11(14)9-15-10-12-5-4-7-16-12/h4-5,7,11,13-14H,2-3,6,8-10H2,1H3/t11-/m0/s1. The quantitative estimate of drug-likeness (QED) is 0.628. The average molecular weight is 227 g/mol. The number of nitrogens with one attached hydrogen (secondary N) is 1. The highest BCUT2D eigenvalue weighted by molar-refractivity contribution is 4.96. The number of ether oxygens (including phenoxy) is 1. The van der Waals surface area contributed by atoms with Crippen molar-refractivity contribution < 1.29 is 14.3 Å². The van der Waals surface area contributed by atoms with Gasteiger partial charge in [0.1, 0.15) is 12.4 Å². The highest BCUT2D eigenvalue weighted by atomic mass is 16.5. The van der Waals surface area contributed by atoms with Crippen LogP contribution in [0.15, 0.2) is 22.8 Å². The zero-order chi connectivity index (χ0) is 11.6. The van der Waals surface area contributed by atoms with Crippen molar-refractivity contribution in [3.05, 3.63) is 24.2 Å². The van der Waals surface area contributed by atoms with Gasteiger partial charge in [-0.05, 0) is 25.1 Å². The maximum absolute atomic E-state index is 9.56. The Balaban J connectivity index is 1.95. The summed E-state index contributed by atoms with van der Waals surface area (Å²) in [7, 11) is 0. The summed E-state index contributed by atoms with van der Waals surface area (Å²) in [6.45, 7) is 4.42. The molecule has 0 spiro atoms. The Morgan fingerprint density at radius 2 is 2.44 bits per heavy atom. The normalized spacial score (nSPS) is 12.9. The van der Waals surface area contributed by atoms with E-state index in [-0.39, 0.29) is 0 Å². The molecule has 0 amide bonds. The highest BCUT2D eigenvalue weighted by Crippen LogP contribution is 2.01. The molecule has 0 aliphatic rings. The topological polar surface area (TPSA) is 54.6 Å². The minimum Gasteiger partial charge on any atom is -0.467 e. The van der Waals surface area contributed by atoms with E-state index in [0.29, 0.717) is 19.8 Å². The highest BCUT2D eigenvalue weighted by Gasteiger charge is 2.04. The van der Waals surface area contributed by atoms with Crippen LogP contribution in [0, 0.1) is 0 Å². The molecule has 0 aliphatic carbocycles. The van der Waals surface area contributed by atoms with E-state index >= 15 is 0 Å². The Morgan fingerprint density at radius 1 is 1.56 bits per heavy atom. The third-order valence-electron chi connectivity index (χ3n) is 2.22. The van der Waals surface area contributed by atoms with Crippen molar-refractivity contribution in [2.24, 2.45) is 0 Å². The van der Waals surface area contributed by atoms with Gasteiger partial charge in [0.15, 0.2) is 0 Å². The Hall–Kier alpha value is -0.840. The first-order chi connectivity index (χ1) is 7.83. The summed E-state index contributed by atoms with van der Waals surface area (Å²) < 4.78 is 10.4. The van der Waals surface area contributed by atoms with Crippen LogP contribution in [0.4, 0.5) is 0 Å². The van der Waals surface area contributed by atoms with E-state index in [1.165, 1.54) is 0 Å². The first-order valence-electron chi connectivity index (χ1n) is 5.81. The van der Waals surface area contributed by atoms with Crippen LogP contribution in [-0.4, -0.2) is 30.9 Å². The fourth-order valence-corrected chi connectivity index (χ4v) is 1.32. The molecule has 0 aliphatic heterocycles. The molecule has 1 atom stereocenters. The van der Waals surface area contributed by atoms with Crippen LogP contribution >= 0.6 is 0 Å². The van der Waals surface area contributed by atoms with E-state index in [9.17, 15) is 5.11 Å². The second kappa shape index (κ2) is 8.33. The third kappa shape index (κ3) is 5.90. The molecular weight excluding hydrogens is 206 g/mol. The first-order valence-corrected chi connectivity index (χ1v) is 5.81. The number of unbranched alkanes of at least 4 members (excludes halogenated alkanes) is 1. The minimum atomic E-state index is -0.452. The second-order valence-corrected chi connectivity index (χ2v) is 3.81. The van der Waals surface area contributed by atoms with Crippen LogP contribution in [0.2, 0.25) is 0 Å². The molecule has 4 heteroatoms. The van der Waals surface area contributed by atoms with Crippen molar-refractivity contribution >= 4 is 0 Å². The Kier molecular flexibility index (Phi) is 6.88. The zero-order valence-corrected chi connectivity index (χ0v) is 9.82. The van der Waals surface area contributed by atoms with Gasteiger partial charge in [-0.25, -0.2) is 0 Å². The Morgan fingerprint density at radius 3 is 3.12 bits per heavy atom. The molecule has 1 aromatic heterocycles. The molecule has 0 aromatic carbocycles. The molecule has 0 saturated heterocycles. The van der Waals surface area contributed by atoms with Crippen LogP contribution in [0.25, 0.3) is 0 Å². The minimum absolute atomic E-state index is 0.333. The van der Waals surface area contributed by atoms with Crippen molar-refractivity contribution in [2.75, 3.05) is 19.7 Å². The molecule has 16 heavy (non-hydrogen) atoms. The van der Waals surface area contributed by atoms with E-state index in [4.69, 9.17) is 9.15 Å². The SMILES string of the molecule is CCCCNC[C@H](O)COCc1ccco1. The molecule has 2 N–H and O–H groups in total. The fourth-order valence-electron chi connectivity index (χ4n) is 1.32. The molecule has 4 nitrogen and oxygen atoms in total. The lowest BCUT2D eigenvalue weighted by Gasteiger charge is -2.11. The third-order valence-corrected chi connectivity index (χ3v) is 2.22. The Bertz CT molecular complexity index is 249. The van der Waals surface area contributed by atoms with Crippen molar-refractivity contribution in [2.45, 2.75) is 32.5 Å². The smallest absolute Gasteiger partial charge is 0.129 e. The molecule has 0 radical (unpaired) electrons. The largest absolute Gasteiger partial charge is 0.467 e. The summed E-state index contributed by atoms with van der Waals surface area (Å²) >= 11 is 0. The molecule has 0 saturated carbocycles. The predicted octanol–water partition coefficient (Wildman–Crippen LogP) is 1.55. The van der Waals surface area contributed by atoms with Gasteiger partial charge < -0.3 is 19.6 Å². The van der Waals surface area contributed by atoms with Gasteiger partial charge >= 0.3 is 0 Å². The molecule has 0 bridgehead atoms. The van der Waals surface area contributed by atoms with Gasteiger partial charge in [-0.15, -0.1) is 0 Å². The molecule has 1 rings (SSSR count). The van der Waals surface area contributed by atoms with Crippen molar-refractivity contribution in [3.8, 4) is 0 Å². The average Bonchev–Trinajstić information content (AvgIpc) is 2.77. The Labute approximate surface area is 96.6 Å². The second-order valence-electron chi connectivity index (χ2n) is 3.81. The van der Waals surface area contributed by atoms with Gasteiger partial charge in [0, 0.05) is 6.54 Å². The lowest BCUT2D eigenvalue weighted by molar-refractivity contribution is 0.0227. The number of aliphatic hydroxyl groups is 1. The van der Waals surface area contributed by atoms with E-state index < -0.39 is 6.10 Å². The summed E-state index contributed by atoms with van der Waals surface area (Å²) in [4.78, 5) is 0. The van der Waals surface area contributed by atoms with E-state index in [1.54, 1.807) is 6.26 Å². The van der Waals surface area contributed by atoms with Gasteiger partial charge in [0.2, 0.25) is 0 Å². The lowest BCUT2D eigenvalue weighted by Crippen LogP contribution is -2.30. The monoisotopic (exact) mass is 227 g/mol. The van der Waals surface area contributed by atoms with Crippen molar-refractivity contribution in [3.63, 3.8) is 0 Å². The van der Waals surface area contributed by atoms with E-state index in [1.807, 2.05) is 12.1 Å². The molecule has 92 valence electrons. The van der Waals surface area contributed by atoms with Gasteiger partial charge in [0.05, 0.1) is 19.0 Å². The van der Waals surface area contributed by atoms with E-state index in [0.717, 1.165) is 25.1 Å². The van der Waals surface area contributed by atoms with Crippen LogP contribution in [-0.2, 0) is 11.3 Å². The summed E-state index contributed by atoms with van der Waals surface area (Å²) in [5, 5.41) is 12.7. The number of hydrogen-bond acceptors (Lipinski definition) is 4. The number of furan rings is 1. The molecule has 1 heterocycles. The lowest BCUT2D eigenvalue weighted by atomic mass is 10.3. The van der Waals surface area contributed by atoms with Gasteiger partial charge in [-0.3, -0.25) is 0 Å². The number of aliphatic hydroxyl groups excluding tert-OH is 1. The first kappa shape index (κ1) is 13.2.